The lowest BCUT2D eigenvalue weighted by Crippen LogP contribution is -2.54. The van der Waals surface area contributed by atoms with Crippen LogP contribution in [0.2, 0.25) is 0 Å². The molecule has 0 aromatic rings. The Morgan fingerprint density at radius 1 is 1.47 bits per heavy atom. The molecule has 1 rings (SSSR count). The number of hydrogen-bond acceptors (Lipinski definition) is 3. The summed E-state index contributed by atoms with van der Waals surface area (Å²) < 4.78 is 0. The maximum atomic E-state index is 12.2. The molecular formula is C13H27N3O. The average molecular weight is 241 g/mol. The maximum Gasteiger partial charge on any atom is 0.227 e. The van der Waals surface area contributed by atoms with Crippen LogP contribution in [-0.2, 0) is 4.79 Å². The Hall–Kier alpha value is -0.610. The predicted octanol–water partition coefficient (Wildman–Crippen LogP) is 0.833. The van der Waals surface area contributed by atoms with Gasteiger partial charge in [0.05, 0.1) is 5.41 Å². The van der Waals surface area contributed by atoms with Crippen molar-refractivity contribution in [3.05, 3.63) is 0 Å². The highest BCUT2D eigenvalue weighted by Crippen LogP contribution is 2.25. The van der Waals surface area contributed by atoms with E-state index in [1.807, 2.05) is 14.1 Å². The molecule has 4 heteroatoms. The molecule has 1 atom stereocenters. The Morgan fingerprint density at radius 2 is 2.12 bits per heavy atom. The number of nitrogens with zero attached hydrogens (tertiary/aromatic N) is 1. The van der Waals surface area contributed by atoms with Gasteiger partial charge in [0, 0.05) is 18.6 Å². The molecule has 1 amide bonds. The molecule has 1 heterocycles. The van der Waals surface area contributed by atoms with E-state index in [1.165, 1.54) is 0 Å². The van der Waals surface area contributed by atoms with E-state index in [0.717, 1.165) is 25.9 Å². The SMILES string of the molecule is CN(C)C(C)(C)CNC(=O)C1(C)CCCNC1. The van der Waals surface area contributed by atoms with Crippen LogP contribution < -0.4 is 10.6 Å². The third-order valence-electron chi connectivity index (χ3n) is 4.04. The van der Waals surface area contributed by atoms with E-state index >= 15 is 0 Å². The molecule has 0 spiro atoms. The van der Waals surface area contributed by atoms with Crippen LogP contribution in [0.15, 0.2) is 0 Å². The van der Waals surface area contributed by atoms with Crippen LogP contribution in [0.25, 0.3) is 0 Å². The summed E-state index contributed by atoms with van der Waals surface area (Å²) in [5.41, 5.74) is -0.241. The number of rotatable bonds is 4. The monoisotopic (exact) mass is 241 g/mol. The minimum Gasteiger partial charge on any atom is -0.354 e. The number of hydrogen-bond donors (Lipinski definition) is 2. The number of piperidine rings is 1. The molecule has 0 bridgehead atoms. The second-order valence-corrected chi connectivity index (χ2v) is 6.23. The quantitative estimate of drug-likeness (QED) is 0.766. The molecule has 2 N–H and O–H groups in total. The predicted molar refractivity (Wildman–Crippen MR) is 71.0 cm³/mol. The van der Waals surface area contributed by atoms with Crippen molar-refractivity contribution in [3.8, 4) is 0 Å². The van der Waals surface area contributed by atoms with Crippen molar-refractivity contribution in [2.75, 3.05) is 33.7 Å². The Bertz CT molecular complexity index is 268. The van der Waals surface area contributed by atoms with E-state index in [2.05, 4.69) is 36.3 Å². The molecule has 0 aliphatic carbocycles. The zero-order valence-corrected chi connectivity index (χ0v) is 11.9. The van der Waals surface area contributed by atoms with Crippen LogP contribution in [-0.4, -0.2) is 50.1 Å². The van der Waals surface area contributed by atoms with Crippen molar-refractivity contribution >= 4 is 5.91 Å². The Labute approximate surface area is 105 Å². The van der Waals surface area contributed by atoms with Crippen molar-refractivity contribution in [1.29, 1.82) is 0 Å². The molecule has 1 fully saturated rings. The molecule has 0 aromatic heterocycles. The Morgan fingerprint density at radius 3 is 2.59 bits per heavy atom. The van der Waals surface area contributed by atoms with Gasteiger partial charge in [0.25, 0.3) is 0 Å². The van der Waals surface area contributed by atoms with E-state index in [-0.39, 0.29) is 16.9 Å². The zero-order valence-electron chi connectivity index (χ0n) is 11.9. The summed E-state index contributed by atoms with van der Waals surface area (Å²) in [7, 11) is 4.08. The van der Waals surface area contributed by atoms with E-state index in [9.17, 15) is 4.79 Å². The smallest absolute Gasteiger partial charge is 0.227 e. The number of nitrogens with one attached hydrogen (secondary N) is 2. The third kappa shape index (κ3) is 3.68. The van der Waals surface area contributed by atoms with Gasteiger partial charge in [-0.25, -0.2) is 0 Å². The number of carbonyl (C=O) groups excluding carboxylic acids is 1. The van der Waals surface area contributed by atoms with Crippen molar-refractivity contribution in [2.45, 2.75) is 39.2 Å². The molecule has 4 nitrogen and oxygen atoms in total. The van der Waals surface area contributed by atoms with Gasteiger partial charge in [0.15, 0.2) is 0 Å². The molecule has 1 saturated heterocycles. The summed E-state index contributed by atoms with van der Waals surface area (Å²) >= 11 is 0. The zero-order chi connectivity index (χ0) is 13.1. The Kier molecular flexibility index (Phi) is 4.55. The first kappa shape index (κ1) is 14.5. The van der Waals surface area contributed by atoms with Gasteiger partial charge in [0.2, 0.25) is 5.91 Å². The highest BCUT2D eigenvalue weighted by Gasteiger charge is 2.35. The molecule has 1 aliphatic heterocycles. The number of carbonyl (C=O) groups is 1. The van der Waals surface area contributed by atoms with Gasteiger partial charge < -0.3 is 15.5 Å². The first-order valence-corrected chi connectivity index (χ1v) is 6.44. The lowest BCUT2D eigenvalue weighted by molar-refractivity contribution is -0.131. The summed E-state index contributed by atoms with van der Waals surface area (Å²) in [6, 6.07) is 0. The molecular weight excluding hydrogens is 214 g/mol. The lowest BCUT2D eigenvalue weighted by atomic mass is 9.81. The summed E-state index contributed by atoms with van der Waals surface area (Å²) in [5, 5.41) is 6.40. The summed E-state index contributed by atoms with van der Waals surface area (Å²) in [6.07, 6.45) is 2.06. The molecule has 0 saturated carbocycles. The topological polar surface area (TPSA) is 44.4 Å². The molecule has 17 heavy (non-hydrogen) atoms. The van der Waals surface area contributed by atoms with Crippen LogP contribution in [0.3, 0.4) is 0 Å². The molecule has 0 aromatic carbocycles. The normalized spacial score (nSPS) is 26.0. The second kappa shape index (κ2) is 5.36. The summed E-state index contributed by atoms with van der Waals surface area (Å²) in [6.45, 7) is 8.84. The fraction of sp³-hybridized carbons (Fsp3) is 0.923. The van der Waals surface area contributed by atoms with Gasteiger partial charge in [-0.15, -0.1) is 0 Å². The third-order valence-corrected chi connectivity index (χ3v) is 4.04. The first-order chi connectivity index (χ1) is 7.78. The van der Waals surface area contributed by atoms with Gasteiger partial charge in [-0.05, 0) is 54.3 Å². The van der Waals surface area contributed by atoms with Crippen molar-refractivity contribution in [2.24, 2.45) is 5.41 Å². The van der Waals surface area contributed by atoms with Crippen LogP contribution in [0.1, 0.15) is 33.6 Å². The maximum absolute atomic E-state index is 12.2. The van der Waals surface area contributed by atoms with Gasteiger partial charge >= 0.3 is 0 Å². The molecule has 0 radical (unpaired) electrons. The van der Waals surface area contributed by atoms with Crippen LogP contribution in [0.4, 0.5) is 0 Å². The fourth-order valence-electron chi connectivity index (χ4n) is 1.92. The lowest BCUT2D eigenvalue weighted by Gasteiger charge is -2.36. The highest BCUT2D eigenvalue weighted by atomic mass is 16.2. The fourth-order valence-corrected chi connectivity index (χ4v) is 1.92. The number of likely N-dealkylation sites (N-methyl/N-ethyl adjacent to an activating group) is 1. The minimum atomic E-state index is -0.235. The molecule has 1 unspecified atom stereocenters. The van der Waals surface area contributed by atoms with Gasteiger partial charge in [-0.2, -0.15) is 0 Å². The van der Waals surface area contributed by atoms with Crippen LogP contribution in [0.5, 0.6) is 0 Å². The van der Waals surface area contributed by atoms with Crippen molar-refractivity contribution < 1.29 is 4.79 Å². The van der Waals surface area contributed by atoms with Gasteiger partial charge in [-0.1, -0.05) is 0 Å². The first-order valence-electron chi connectivity index (χ1n) is 6.44. The minimum absolute atomic E-state index is 0.00584. The molecule has 100 valence electrons. The summed E-state index contributed by atoms with van der Waals surface area (Å²) in [4.78, 5) is 14.4. The van der Waals surface area contributed by atoms with Crippen LogP contribution in [0, 0.1) is 5.41 Å². The second-order valence-electron chi connectivity index (χ2n) is 6.23. The number of amides is 1. The average Bonchev–Trinajstić information content (AvgIpc) is 2.26. The van der Waals surface area contributed by atoms with Crippen LogP contribution >= 0.6 is 0 Å². The van der Waals surface area contributed by atoms with E-state index in [1.54, 1.807) is 0 Å². The van der Waals surface area contributed by atoms with Crippen molar-refractivity contribution in [1.82, 2.24) is 15.5 Å². The van der Waals surface area contributed by atoms with E-state index in [4.69, 9.17) is 0 Å². The van der Waals surface area contributed by atoms with E-state index in [0.29, 0.717) is 6.54 Å². The molecule has 1 aliphatic rings. The largest absolute Gasteiger partial charge is 0.354 e. The standard InChI is InChI=1S/C13H27N3O/c1-12(2,16(4)5)9-15-11(17)13(3)7-6-8-14-10-13/h14H,6-10H2,1-5H3,(H,15,17). The van der Waals surface area contributed by atoms with Crippen molar-refractivity contribution in [3.63, 3.8) is 0 Å². The van der Waals surface area contributed by atoms with Gasteiger partial charge in [-0.3, -0.25) is 4.79 Å². The van der Waals surface area contributed by atoms with E-state index < -0.39 is 0 Å². The Balaban J connectivity index is 2.49. The van der Waals surface area contributed by atoms with Gasteiger partial charge in [0.1, 0.15) is 0 Å². The highest BCUT2D eigenvalue weighted by molar-refractivity contribution is 5.82. The summed E-state index contributed by atoms with van der Waals surface area (Å²) in [5.74, 6) is 0.180.